The first-order chi connectivity index (χ1) is 15.5. The second kappa shape index (κ2) is 11.3. The van der Waals surface area contributed by atoms with Gasteiger partial charge in [-0.3, -0.25) is 9.78 Å². The molecule has 8 heteroatoms. The highest BCUT2D eigenvalue weighted by Crippen LogP contribution is 2.37. The zero-order valence-corrected chi connectivity index (χ0v) is 19.1. The average Bonchev–Trinajstić information content (AvgIpc) is 2.79. The Hall–Kier alpha value is -3.32. The van der Waals surface area contributed by atoms with Gasteiger partial charge in [0.15, 0.2) is 23.1 Å². The van der Waals surface area contributed by atoms with Crippen molar-refractivity contribution in [2.45, 2.75) is 26.9 Å². The number of amides is 1. The van der Waals surface area contributed by atoms with Gasteiger partial charge in [-0.2, -0.15) is 0 Å². The summed E-state index contributed by atoms with van der Waals surface area (Å²) < 4.78 is 17.0. The van der Waals surface area contributed by atoms with Gasteiger partial charge in [0, 0.05) is 24.2 Å². The van der Waals surface area contributed by atoms with Crippen molar-refractivity contribution < 1.29 is 19.0 Å². The van der Waals surface area contributed by atoms with Gasteiger partial charge >= 0.3 is 0 Å². The number of ether oxygens (including phenoxy) is 3. The molecule has 2 heterocycles. The molecule has 0 spiro atoms. The van der Waals surface area contributed by atoms with E-state index in [2.05, 4.69) is 29.1 Å². The van der Waals surface area contributed by atoms with Crippen LogP contribution in [0.2, 0.25) is 5.02 Å². The van der Waals surface area contributed by atoms with E-state index >= 15 is 0 Å². The van der Waals surface area contributed by atoms with Gasteiger partial charge in [0.2, 0.25) is 0 Å². The Balaban J connectivity index is 1.73. The second-order valence-corrected chi connectivity index (χ2v) is 7.88. The van der Waals surface area contributed by atoms with Crippen LogP contribution in [0.15, 0.2) is 55.0 Å². The van der Waals surface area contributed by atoms with E-state index in [1.807, 2.05) is 12.1 Å². The van der Waals surface area contributed by atoms with Gasteiger partial charge in [-0.25, -0.2) is 4.98 Å². The molecule has 0 unspecified atom stereocenters. The maximum Gasteiger partial charge on any atom is 0.257 e. The first-order valence-electron chi connectivity index (χ1n) is 10.3. The Morgan fingerprint density at radius 3 is 2.59 bits per heavy atom. The summed E-state index contributed by atoms with van der Waals surface area (Å²) in [5, 5.41) is 3.08. The van der Waals surface area contributed by atoms with Crippen LogP contribution < -0.4 is 19.5 Å². The molecule has 0 fully saturated rings. The summed E-state index contributed by atoms with van der Waals surface area (Å²) in [4.78, 5) is 21.1. The molecule has 32 heavy (non-hydrogen) atoms. The number of halogens is 1. The van der Waals surface area contributed by atoms with Crippen molar-refractivity contribution >= 4 is 23.3 Å². The minimum absolute atomic E-state index is 0.299. The van der Waals surface area contributed by atoms with Crippen LogP contribution >= 0.6 is 11.6 Å². The molecular weight excluding hydrogens is 430 g/mol. The van der Waals surface area contributed by atoms with Crippen molar-refractivity contribution in [2.24, 2.45) is 5.92 Å². The predicted molar refractivity (Wildman–Crippen MR) is 124 cm³/mol. The molecule has 7 nitrogen and oxygen atoms in total. The summed E-state index contributed by atoms with van der Waals surface area (Å²) in [7, 11) is 1.51. The minimum Gasteiger partial charge on any atom is -0.493 e. The summed E-state index contributed by atoms with van der Waals surface area (Å²) in [6.07, 6.45) is 5.84. The number of hydrogen-bond donors (Lipinski definition) is 1. The number of rotatable bonds is 10. The molecule has 0 saturated carbocycles. The first kappa shape index (κ1) is 23.3. The Morgan fingerprint density at radius 1 is 1.09 bits per heavy atom. The molecule has 2 aromatic heterocycles. The summed E-state index contributed by atoms with van der Waals surface area (Å²) in [6, 6.07) is 10.3. The molecule has 0 aliphatic heterocycles. The largest absolute Gasteiger partial charge is 0.493 e. The molecule has 0 atom stereocenters. The van der Waals surface area contributed by atoms with Gasteiger partial charge in [-0.1, -0.05) is 25.4 Å². The fraction of sp³-hybridized carbons (Fsp3) is 0.292. The molecule has 0 radical (unpaired) electrons. The number of aromatic nitrogens is 2. The number of carbonyl (C=O) groups excluding carboxylic acids is 1. The van der Waals surface area contributed by atoms with Gasteiger partial charge in [-0.15, -0.1) is 0 Å². The van der Waals surface area contributed by atoms with Gasteiger partial charge in [0.25, 0.3) is 5.91 Å². The molecule has 1 N–H and O–H groups in total. The number of nitrogens with zero attached hydrogens (tertiary/aromatic N) is 2. The molecule has 1 amide bonds. The summed E-state index contributed by atoms with van der Waals surface area (Å²) in [5.74, 6) is 1.67. The van der Waals surface area contributed by atoms with Crippen molar-refractivity contribution in [1.29, 1.82) is 0 Å². The van der Waals surface area contributed by atoms with Gasteiger partial charge in [0.05, 0.1) is 18.7 Å². The number of nitrogens with one attached hydrogen (secondary N) is 1. The molecule has 1 aromatic carbocycles. The second-order valence-electron chi connectivity index (χ2n) is 7.47. The van der Waals surface area contributed by atoms with Gasteiger partial charge in [-0.05, 0) is 54.3 Å². The summed E-state index contributed by atoms with van der Waals surface area (Å²) in [5.41, 5.74) is 1.26. The monoisotopic (exact) mass is 455 g/mol. The Labute approximate surface area is 192 Å². The molecule has 168 valence electrons. The third kappa shape index (κ3) is 6.34. The highest BCUT2D eigenvalue weighted by Gasteiger charge is 2.18. The SMILES string of the molecule is COc1cc(C(=O)Nc2ncccc2OCc2ccncc2)cc(Cl)c1OCCC(C)C. The van der Waals surface area contributed by atoms with E-state index < -0.39 is 5.91 Å². The molecule has 0 aliphatic rings. The number of anilines is 1. The molecule has 0 bridgehead atoms. The van der Waals surface area contributed by atoms with Gasteiger partial charge in [0.1, 0.15) is 6.61 Å². The van der Waals surface area contributed by atoms with E-state index in [0.29, 0.717) is 52.8 Å². The summed E-state index contributed by atoms with van der Waals surface area (Å²) >= 11 is 6.39. The molecule has 3 rings (SSSR count). The third-order valence-electron chi connectivity index (χ3n) is 4.58. The summed E-state index contributed by atoms with van der Waals surface area (Å²) in [6.45, 7) is 5.05. The highest BCUT2D eigenvalue weighted by molar-refractivity contribution is 6.32. The van der Waals surface area contributed by atoms with Crippen molar-refractivity contribution in [1.82, 2.24) is 9.97 Å². The molecule has 0 aliphatic carbocycles. The molecular formula is C24H26ClN3O4. The van der Waals surface area contributed by atoms with Crippen LogP contribution in [0.5, 0.6) is 17.2 Å². The van der Waals surface area contributed by atoms with E-state index in [4.69, 9.17) is 25.8 Å². The number of carbonyl (C=O) groups is 1. The normalized spacial score (nSPS) is 10.7. The van der Waals surface area contributed by atoms with Crippen LogP contribution in [0.3, 0.4) is 0 Å². The van der Waals surface area contributed by atoms with Crippen LogP contribution in [0.25, 0.3) is 0 Å². The predicted octanol–water partition coefficient (Wildman–Crippen LogP) is 5.39. The van der Waals surface area contributed by atoms with E-state index in [1.165, 1.54) is 7.11 Å². The first-order valence-corrected chi connectivity index (χ1v) is 10.6. The fourth-order valence-electron chi connectivity index (χ4n) is 2.81. The zero-order chi connectivity index (χ0) is 22.9. The van der Waals surface area contributed by atoms with Gasteiger partial charge < -0.3 is 19.5 Å². The van der Waals surface area contributed by atoms with Crippen molar-refractivity contribution in [3.8, 4) is 17.2 Å². The fourth-order valence-corrected chi connectivity index (χ4v) is 3.07. The number of methoxy groups -OCH3 is 1. The molecule has 0 saturated heterocycles. The topological polar surface area (TPSA) is 82.6 Å². The standard InChI is InChI=1S/C24H26ClN3O4/c1-16(2)8-12-31-22-19(25)13-18(14-21(22)30-3)24(29)28-23-20(5-4-9-27-23)32-15-17-6-10-26-11-7-17/h4-7,9-11,13-14,16H,8,12,15H2,1-3H3,(H,27,28,29). The third-order valence-corrected chi connectivity index (χ3v) is 4.86. The van der Waals surface area contributed by atoms with Crippen molar-refractivity contribution in [3.63, 3.8) is 0 Å². The lowest BCUT2D eigenvalue weighted by molar-refractivity contribution is 0.102. The highest BCUT2D eigenvalue weighted by atomic mass is 35.5. The smallest absolute Gasteiger partial charge is 0.257 e. The van der Waals surface area contributed by atoms with E-state index in [1.54, 1.807) is 42.9 Å². The lowest BCUT2D eigenvalue weighted by Crippen LogP contribution is -2.14. The van der Waals surface area contributed by atoms with Crippen LogP contribution in [0.4, 0.5) is 5.82 Å². The zero-order valence-electron chi connectivity index (χ0n) is 18.3. The van der Waals surface area contributed by atoms with Crippen molar-refractivity contribution in [3.05, 3.63) is 71.1 Å². The lowest BCUT2D eigenvalue weighted by Gasteiger charge is -2.15. The lowest BCUT2D eigenvalue weighted by atomic mass is 10.1. The van der Waals surface area contributed by atoms with Crippen LogP contribution in [-0.4, -0.2) is 29.6 Å². The maximum atomic E-state index is 12.9. The van der Waals surface area contributed by atoms with E-state index in [0.717, 1.165) is 12.0 Å². The Morgan fingerprint density at radius 2 is 1.88 bits per heavy atom. The van der Waals surface area contributed by atoms with E-state index in [-0.39, 0.29) is 0 Å². The average molecular weight is 456 g/mol. The van der Waals surface area contributed by atoms with Crippen LogP contribution in [0, 0.1) is 5.92 Å². The minimum atomic E-state index is -0.397. The van der Waals surface area contributed by atoms with E-state index in [9.17, 15) is 4.79 Å². The Kier molecular flexibility index (Phi) is 8.27. The maximum absolute atomic E-state index is 12.9. The number of hydrogen-bond acceptors (Lipinski definition) is 6. The van der Waals surface area contributed by atoms with Crippen molar-refractivity contribution in [2.75, 3.05) is 19.0 Å². The number of pyridine rings is 2. The van der Waals surface area contributed by atoms with Crippen LogP contribution in [0.1, 0.15) is 36.2 Å². The van der Waals surface area contributed by atoms with Crippen LogP contribution in [-0.2, 0) is 6.61 Å². The molecule has 3 aromatic rings. The Bertz CT molecular complexity index is 1040. The quantitative estimate of drug-likeness (QED) is 0.441. The number of benzene rings is 1.